The van der Waals surface area contributed by atoms with Crippen LogP contribution in [0.5, 0.6) is 0 Å². The molecule has 1 aliphatic rings. The van der Waals surface area contributed by atoms with Gasteiger partial charge in [0.05, 0.1) is 22.1 Å². The molecule has 1 aliphatic carbocycles. The van der Waals surface area contributed by atoms with E-state index >= 15 is 0 Å². The third-order valence-electron chi connectivity index (χ3n) is 4.38. The van der Waals surface area contributed by atoms with Crippen molar-refractivity contribution < 1.29 is 0 Å². The van der Waals surface area contributed by atoms with Crippen molar-refractivity contribution in [2.45, 2.75) is 25.7 Å². The van der Waals surface area contributed by atoms with Gasteiger partial charge in [-0.2, -0.15) is 5.10 Å². The summed E-state index contributed by atoms with van der Waals surface area (Å²) in [4.78, 5) is 0. The number of hydrogen-bond donors (Lipinski definition) is 0. The van der Waals surface area contributed by atoms with Gasteiger partial charge in [0.2, 0.25) is 0 Å². The summed E-state index contributed by atoms with van der Waals surface area (Å²) in [6, 6.07) is 13.3. The molecule has 1 heterocycles. The minimum Gasteiger partial charge on any atom is -0.231 e. The van der Waals surface area contributed by atoms with Crippen molar-refractivity contribution >= 4 is 34.8 Å². The van der Waals surface area contributed by atoms with E-state index in [1.807, 2.05) is 41.1 Å². The van der Waals surface area contributed by atoms with Crippen molar-refractivity contribution in [2.75, 3.05) is 0 Å². The second-order valence-corrected chi connectivity index (χ2v) is 7.43. The van der Waals surface area contributed by atoms with Crippen LogP contribution in [0.15, 0.2) is 42.5 Å². The smallest absolute Gasteiger partial charge is 0.0840 e. The Morgan fingerprint density at radius 3 is 2.25 bits per heavy atom. The molecule has 1 aromatic heterocycles. The first-order valence-corrected chi connectivity index (χ1v) is 8.99. The Labute approximate surface area is 156 Å². The molecule has 2 nitrogen and oxygen atoms in total. The maximum Gasteiger partial charge on any atom is 0.0840 e. The molecule has 24 heavy (non-hydrogen) atoms. The fourth-order valence-electron chi connectivity index (χ4n) is 3.03. The van der Waals surface area contributed by atoms with E-state index in [1.165, 1.54) is 18.4 Å². The van der Waals surface area contributed by atoms with Crippen LogP contribution >= 0.6 is 34.8 Å². The lowest BCUT2D eigenvalue weighted by molar-refractivity contribution is 0.842. The van der Waals surface area contributed by atoms with Gasteiger partial charge in [-0.05, 0) is 55.7 Å². The van der Waals surface area contributed by atoms with Gasteiger partial charge in [0, 0.05) is 21.5 Å². The summed E-state index contributed by atoms with van der Waals surface area (Å²) in [5, 5.41) is 6.80. The van der Waals surface area contributed by atoms with Crippen molar-refractivity contribution in [2.24, 2.45) is 0 Å². The summed E-state index contributed by atoms with van der Waals surface area (Å²) in [6.07, 6.45) is 2.40. The van der Waals surface area contributed by atoms with Gasteiger partial charge in [-0.25, -0.2) is 4.68 Å². The van der Waals surface area contributed by atoms with Crippen molar-refractivity contribution in [3.63, 3.8) is 0 Å². The van der Waals surface area contributed by atoms with Gasteiger partial charge < -0.3 is 0 Å². The Bertz CT molecular complexity index is 909. The average molecular weight is 378 g/mol. The Hall–Kier alpha value is -1.48. The molecule has 0 amide bonds. The van der Waals surface area contributed by atoms with Crippen LogP contribution in [0, 0.1) is 6.92 Å². The molecule has 2 aromatic carbocycles. The third kappa shape index (κ3) is 2.83. The highest BCUT2D eigenvalue weighted by Crippen LogP contribution is 2.44. The number of halogens is 3. The number of hydrogen-bond acceptors (Lipinski definition) is 1. The van der Waals surface area contributed by atoms with E-state index in [0.29, 0.717) is 16.0 Å². The fourth-order valence-corrected chi connectivity index (χ4v) is 3.65. The molecule has 0 radical (unpaired) electrons. The van der Waals surface area contributed by atoms with Crippen molar-refractivity contribution in [1.29, 1.82) is 0 Å². The summed E-state index contributed by atoms with van der Waals surface area (Å²) in [6.45, 7) is 2.13. The lowest BCUT2D eigenvalue weighted by atomic mass is 10.0. The standard InChI is InChI=1S/C19H15Cl3N2/c1-11-18(12-2-3-12)23-24(17-9-8-15(21)10-16(17)22)19(11)13-4-6-14(20)7-5-13/h4-10,12H,2-3H2,1H3. The van der Waals surface area contributed by atoms with Crippen molar-refractivity contribution in [3.05, 3.63) is 68.8 Å². The predicted octanol–water partition coefficient (Wildman–Crippen LogP) is 6.69. The molecule has 122 valence electrons. The van der Waals surface area contributed by atoms with E-state index in [-0.39, 0.29) is 0 Å². The normalized spacial score (nSPS) is 14.2. The highest BCUT2D eigenvalue weighted by Gasteiger charge is 2.31. The minimum atomic E-state index is 0.559. The quantitative estimate of drug-likeness (QED) is 0.497. The first-order chi connectivity index (χ1) is 11.5. The second kappa shape index (κ2) is 6.11. The molecule has 4 rings (SSSR count). The van der Waals surface area contributed by atoms with E-state index in [4.69, 9.17) is 39.9 Å². The van der Waals surface area contributed by atoms with E-state index in [9.17, 15) is 0 Å². The predicted molar refractivity (Wildman–Crippen MR) is 101 cm³/mol. The van der Waals surface area contributed by atoms with Crippen LogP contribution in [0.25, 0.3) is 16.9 Å². The summed E-state index contributed by atoms with van der Waals surface area (Å²) < 4.78 is 1.94. The van der Waals surface area contributed by atoms with Gasteiger partial charge in [-0.1, -0.05) is 46.9 Å². The minimum absolute atomic E-state index is 0.559. The molecule has 5 heteroatoms. The molecule has 1 fully saturated rings. The molecule has 0 aliphatic heterocycles. The molecular weight excluding hydrogens is 363 g/mol. The molecule has 0 bridgehead atoms. The van der Waals surface area contributed by atoms with Gasteiger partial charge in [-0.3, -0.25) is 0 Å². The Balaban J connectivity index is 1.95. The topological polar surface area (TPSA) is 17.8 Å². The number of benzene rings is 2. The van der Waals surface area contributed by atoms with Gasteiger partial charge >= 0.3 is 0 Å². The zero-order chi connectivity index (χ0) is 16.8. The van der Waals surface area contributed by atoms with Crippen molar-refractivity contribution in [1.82, 2.24) is 9.78 Å². The average Bonchev–Trinajstić information content (AvgIpc) is 3.33. The molecule has 0 atom stereocenters. The molecule has 0 saturated heterocycles. The summed E-state index contributed by atoms with van der Waals surface area (Å²) in [5.41, 5.74) is 5.32. The first-order valence-electron chi connectivity index (χ1n) is 7.85. The number of nitrogens with zero attached hydrogens (tertiary/aromatic N) is 2. The first kappa shape index (κ1) is 16.0. The zero-order valence-corrected chi connectivity index (χ0v) is 15.3. The summed E-state index contributed by atoms with van der Waals surface area (Å²) in [5.74, 6) is 0.559. The van der Waals surface area contributed by atoms with Crippen LogP contribution < -0.4 is 0 Å². The molecular formula is C19H15Cl3N2. The van der Waals surface area contributed by atoms with Gasteiger partial charge in [0.25, 0.3) is 0 Å². The van der Waals surface area contributed by atoms with Crippen LogP contribution in [-0.4, -0.2) is 9.78 Å². The van der Waals surface area contributed by atoms with Gasteiger partial charge in [-0.15, -0.1) is 0 Å². The highest BCUT2D eigenvalue weighted by atomic mass is 35.5. The number of aromatic nitrogens is 2. The van der Waals surface area contributed by atoms with E-state index in [1.54, 1.807) is 6.07 Å². The SMILES string of the molecule is Cc1c(C2CC2)nn(-c2ccc(Cl)cc2Cl)c1-c1ccc(Cl)cc1. The van der Waals surface area contributed by atoms with Crippen LogP contribution in [0.1, 0.15) is 30.0 Å². The van der Waals surface area contributed by atoms with Crippen LogP contribution in [0.4, 0.5) is 0 Å². The van der Waals surface area contributed by atoms with Crippen LogP contribution in [-0.2, 0) is 0 Å². The second-order valence-electron chi connectivity index (χ2n) is 6.15. The van der Waals surface area contributed by atoms with E-state index in [0.717, 1.165) is 27.7 Å². The molecule has 0 unspecified atom stereocenters. The zero-order valence-electron chi connectivity index (χ0n) is 13.1. The molecule has 0 spiro atoms. The Kier molecular flexibility index (Phi) is 4.07. The lowest BCUT2D eigenvalue weighted by Crippen LogP contribution is -2.00. The molecule has 3 aromatic rings. The van der Waals surface area contributed by atoms with Crippen LogP contribution in [0.2, 0.25) is 15.1 Å². The lowest BCUT2D eigenvalue weighted by Gasteiger charge is -2.11. The third-order valence-corrected chi connectivity index (χ3v) is 5.17. The summed E-state index contributed by atoms with van der Waals surface area (Å²) >= 11 is 18.5. The maximum absolute atomic E-state index is 6.44. The van der Waals surface area contributed by atoms with Crippen molar-refractivity contribution in [3.8, 4) is 16.9 Å². The molecule has 0 N–H and O–H groups in total. The van der Waals surface area contributed by atoms with Gasteiger partial charge in [0.15, 0.2) is 0 Å². The summed E-state index contributed by atoms with van der Waals surface area (Å²) in [7, 11) is 0. The van der Waals surface area contributed by atoms with E-state index < -0.39 is 0 Å². The highest BCUT2D eigenvalue weighted by molar-refractivity contribution is 6.35. The largest absolute Gasteiger partial charge is 0.231 e. The van der Waals surface area contributed by atoms with E-state index in [2.05, 4.69) is 6.92 Å². The maximum atomic E-state index is 6.44. The Morgan fingerprint density at radius 1 is 0.958 bits per heavy atom. The number of rotatable bonds is 3. The van der Waals surface area contributed by atoms with Gasteiger partial charge in [0.1, 0.15) is 0 Å². The monoisotopic (exact) mass is 376 g/mol. The Morgan fingerprint density at radius 2 is 1.62 bits per heavy atom. The fraction of sp³-hybridized carbons (Fsp3) is 0.211. The molecule has 1 saturated carbocycles. The van der Waals surface area contributed by atoms with Crippen LogP contribution in [0.3, 0.4) is 0 Å².